The van der Waals surface area contributed by atoms with Crippen molar-refractivity contribution in [1.82, 2.24) is 0 Å². The van der Waals surface area contributed by atoms with Crippen LogP contribution in [-0.4, -0.2) is 11.7 Å². The Morgan fingerprint density at radius 2 is 2.00 bits per heavy atom. The van der Waals surface area contributed by atoms with Crippen LogP contribution in [0.25, 0.3) is 0 Å². The minimum Gasteiger partial charge on any atom is -0.494 e. The van der Waals surface area contributed by atoms with Crippen LogP contribution in [0.3, 0.4) is 0 Å². The average molecular weight is 260 g/mol. The summed E-state index contributed by atoms with van der Waals surface area (Å²) in [5.41, 5.74) is 1.03. The van der Waals surface area contributed by atoms with E-state index >= 15 is 0 Å². The highest BCUT2D eigenvalue weighted by molar-refractivity contribution is 5.28. The van der Waals surface area contributed by atoms with E-state index in [0.717, 1.165) is 35.5 Å². The third-order valence-corrected chi connectivity index (χ3v) is 4.99. The van der Waals surface area contributed by atoms with Crippen molar-refractivity contribution >= 4 is 0 Å². The molecule has 0 heterocycles. The molecule has 1 aromatic rings. The van der Waals surface area contributed by atoms with Gasteiger partial charge in [-0.3, -0.25) is 0 Å². The van der Waals surface area contributed by atoms with Crippen molar-refractivity contribution in [3.63, 3.8) is 0 Å². The number of aliphatic hydroxyl groups excluding tert-OH is 1. The van der Waals surface area contributed by atoms with Crippen molar-refractivity contribution in [2.24, 2.45) is 17.8 Å². The number of hydrogen-bond acceptors (Lipinski definition) is 2. The topological polar surface area (TPSA) is 29.5 Å². The molecule has 2 nitrogen and oxygen atoms in total. The molecule has 2 saturated carbocycles. The highest BCUT2D eigenvalue weighted by Crippen LogP contribution is 2.50. The summed E-state index contributed by atoms with van der Waals surface area (Å²) in [6.45, 7) is 2.67. The van der Waals surface area contributed by atoms with Crippen molar-refractivity contribution in [1.29, 1.82) is 0 Å². The van der Waals surface area contributed by atoms with Gasteiger partial charge in [0.1, 0.15) is 5.75 Å². The second kappa shape index (κ2) is 5.54. The molecule has 104 valence electrons. The zero-order chi connectivity index (χ0) is 13.2. The van der Waals surface area contributed by atoms with Crippen LogP contribution in [0, 0.1) is 17.8 Å². The molecule has 2 fully saturated rings. The highest BCUT2D eigenvalue weighted by Gasteiger charge is 2.40. The van der Waals surface area contributed by atoms with Crippen LogP contribution >= 0.6 is 0 Å². The van der Waals surface area contributed by atoms with Crippen LogP contribution in [0.5, 0.6) is 5.75 Å². The Bertz CT molecular complexity index is 412. The number of fused-ring (bicyclic) bond motifs is 2. The van der Waals surface area contributed by atoms with E-state index in [2.05, 4.69) is 0 Å². The van der Waals surface area contributed by atoms with Crippen molar-refractivity contribution in [2.45, 2.75) is 45.1 Å². The molecule has 0 amide bonds. The fraction of sp³-hybridized carbons (Fsp3) is 0.647. The normalized spacial score (nSPS) is 30.5. The quantitative estimate of drug-likeness (QED) is 0.868. The first-order valence-corrected chi connectivity index (χ1v) is 7.67. The predicted molar refractivity (Wildman–Crippen MR) is 76.1 cm³/mol. The summed E-state index contributed by atoms with van der Waals surface area (Å²) in [6, 6.07) is 7.93. The van der Waals surface area contributed by atoms with E-state index in [0.29, 0.717) is 6.61 Å². The molecule has 4 atom stereocenters. The third kappa shape index (κ3) is 2.79. The Hall–Kier alpha value is -1.02. The van der Waals surface area contributed by atoms with Crippen molar-refractivity contribution < 1.29 is 9.84 Å². The van der Waals surface area contributed by atoms with Gasteiger partial charge in [-0.25, -0.2) is 0 Å². The van der Waals surface area contributed by atoms with E-state index in [1.807, 2.05) is 31.2 Å². The van der Waals surface area contributed by atoms with Crippen molar-refractivity contribution in [3.05, 3.63) is 29.8 Å². The maximum absolute atomic E-state index is 10.4. The lowest BCUT2D eigenvalue weighted by Crippen LogP contribution is -2.14. The van der Waals surface area contributed by atoms with Gasteiger partial charge in [0.2, 0.25) is 0 Å². The Labute approximate surface area is 115 Å². The monoisotopic (exact) mass is 260 g/mol. The summed E-state index contributed by atoms with van der Waals surface area (Å²) in [5, 5.41) is 10.4. The second-order valence-corrected chi connectivity index (χ2v) is 6.19. The molecule has 2 aliphatic rings. The molecule has 2 heteroatoms. The van der Waals surface area contributed by atoms with E-state index in [1.165, 1.54) is 25.7 Å². The summed E-state index contributed by atoms with van der Waals surface area (Å²) in [7, 11) is 0. The number of benzene rings is 1. The molecule has 0 aliphatic heterocycles. The largest absolute Gasteiger partial charge is 0.494 e. The zero-order valence-electron chi connectivity index (χ0n) is 11.7. The molecule has 0 radical (unpaired) electrons. The van der Waals surface area contributed by atoms with E-state index < -0.39 is 0 Å². The first-order valence-electron chi connectivity index (χ1n) is 7.67. The lowest BCUT2D eigenvalue weighted by Gasteiger charge is -2.24. The molecular formula is C17H24O2. The van der Waals surface area contributed by atoms with Gasteiger partial charge in [-0.1, -0.05) is 18.6 Å². The first kappa shape index (κ1) is 13.0. The smallest absolute Gasteiger partial charge is 0.119 e. The van der Waals surface area contributed by atoms with Gasteiger partial charge < -0.3 is 9.84 Å². The third-order valence-electron chi connectivity index (χ3n) is 4.99. The standard InChI is InChI=1S/C17H24O2/c1-2-19-16-7-5-13(6-8-16)17(18)11-15-10-12-3-4-14(15)9-12/h5-8,12,14-15,17-18H,2-4,9-11H2,1H3. The molecule has 2 bridgehead atoms. The SMILES string of the molecule is CCOc1ccc(C(O)CC2CC3CCC2C3)cc1. The Kier molecular flexibility index (Phi) is 3.79. The van der Waals surface area contributed by atoms with Gasteiger partial charge >= 0.3 is 0 Å². The Balaban J connectivity index is 1.59. The van der Waals surface area contributed by atoms with Gasteiger partial charge in [0, 0.05) is 0 Å². The van der Waals surface area contributed by atoms with Crippen molar-refractivity contribution in [3.8, 4) is 5.75 Å². The number of aliphatic hydroxyl groups is 1. The van der Waals surface area contributed by atoms with Gasteiger partial charge in [0.25, 0.3) is 0 Å². The molecule has 0 spiro atoms. The summed E-state index contributed by atoms with van der Waals surface area (Å²) >= 11 is 0. The summed E-state index contributed by atoms with van der Waals surface area (Å²) < 4.78 is 5.43. The molecule has 4 unspecified atom stereocenters. The predicted octanol–water partition coefficient (Wildman–Crippen LogP) is 3.95. The zero-order valence-corrected chi connectivity index (χ0v) is 11.7. The van der Waals surface area contributed by atoms with Gasteiger partial charge in [0.05, 0.1) is 12.7 Å². The summed E-state index contributed by atoms with van der Waals surface area (Å²) in [4.78, 5) is 0. The number of rotatable bonds is 5. The van der Waals surface area contributed by atoms with Crippen LogP contribution in [-0.2, 0) is 0 Å². The van der Waals surface area contributed by atoms with Gasteiger partial charge in [0.15, 0.2) is 0 Å². The fourth-order valence-electron chi connectivity index (χ4n) is 4.04. The molecular weight excluding hydrogens is 236 g/mol. The lowest BCUT2D eigenvalue weighted by atomic mass is 9.83. The molecule has 19 heavy (non-hydrogen) atoms. The van der Waals surface area contributed by atoms with Crippen LogP contribution in [0.1, 0.15) is 50.7 Å². The average Bonchev–Trinajstić information content (AvgIpc) is 3.02. The maximum atomic E-state index is 10.4. The van der Waals surface area contributed by atoms with Crippen LogP contribution in [0.2, 0.25) is 0 Å². The van der Waals surface area contributed by atoms with E-state index in [1.54, 1.807) is 0 Å². The Morgan fingerprint density at radius 3 is 2.58 bits per heavy atom. The minimum atomic E-state index is -0.306. The first-order chi connectivity index (χ1) is 9.26. The molecule has 3 rings (SSSR count). The van der Waals surface area contributed by atoms with Crippen LogP contribution in [0.4, 0.5) is 0 Å². The van der Waals surface area contributed by atoms with Crippen molar-refractivity contribution in [2.75, 3.05) is 6.61 Å². The molecule has 0 saturated heterocycles. The Morgan fingerprint density at radius 1 is 1.21 bits per heavy atom. The minimum absolute atomic E-state index is 0.306. The summed E-state index contributed by atoms with van der Waals surface area (Å²) in [6.07, 6.45) is 6.22. The number of hydrogen-bond donors (Lipinski definition) is 1. The lowest BCUT2D eigenvalue weighted by molar-refractivity contribution is 0.125. The molecule has 0 aromatic heterocycles. The molecule has 2 aliphatic carbocycles. The highest BCUT2D eigenvalue weighted by atomic mass is 16.5. The fourth-order valence-corrected chi connectivity index (χ4v) is 4.04. The van der Waals surface area contributed by atoms with Crippen LogP contribution in [0.15, 0.2) is 24.3 Å². The van der Waals surface area contributed by atoms with Gasteiger partial charge in [-0.15, -0.1) is 0 Å². The van der Waals surface area contributed by atoms with E-state index in [-0.39, 0.29) is 6.10 Å². The van der Waals surface area contributed by atoms with E-state index in [9.17, 15) is 5.11 Å². The van der Waals surface area contributed by atoms with E-state index in [4.69, 9.17) is 4.74 Å². The number of ether oxygens (including phenoxy) is 1. The molecule has 1 aromatic carbocycles. The van der Waals surface area contributed by atoms with Crippen LogP contribution < -0.4 is 4.74 Å². The van der Waals surface area contributed by atoms with Gasteiger partial charge in [-0.2, -0.15) is 0 Å². The molecule has 1 N–H and O–H groups in total. The van der Waals surface area contributed by atoms with Gasteiger partial charge in [-0.05, 0) is 68.1 Å². The maximum Gasteiger partial charge on any atom is 0.119 e. The summed E-state index contributed by atoms with van der Waals surface area (Å²) in [5.74, 6) is 3.49. The second-order valence-electron chi connectivity index (χ2n) is 6.19.